The van der Waals surface area contributed by atoms with Crippen molar-refractivity contribution in [1.29, 1.82) is 0 Å². The summed E-state index contributed by atoms with van der Waals surface area (Å²) < 4.78 is 5.96. The van der Waals surface area contributed by atoms with E-state index in [-0.39, 0.29) is 11.3 Å². The molecule has 0 aliphatic carbocycles. The largest absolute Gasteiger partial charge is 0.507 e. The summed E-state index contributed by atoms with van der Waals surface area (Å²) in [5, 5.41) is 13.2. The van der Waals surface area contributed by atoms with Gasteiger partial charge in [0.2, 0.25) is 0 Å². The van der Waals surface area contributed by atoms with Crippen molar-refractivity contribution in [3.05, 3.63) is 93.2 Å². The Balaban J connectivity index is 1.64. The molecule has 6 nitrogen and oxygen atoms in total. The molecule has 1 amide bonds. The third-order valence-corrected chi connectivity index (χ3v) is 7.51. The van der Waals surface area contributed by atoms with Crippen LogP contribution >= 0.6 is 11.3 Å². The van der Waals surface area contributed by atoms with Crippen molar-refractivity contribution in [3.63, 3.8) is 0 Å². The number of rotatable bonds is 10. The molecule has 1 saturated heterocycles. The number of hydrogen-bond donors (Lipinski definition) is 1. The lowest BCUT2D eigenvalue weighted by Crippen LogP contribution is -2.37. The number of aliphatic hydroxyl groups excluding tert-OH is 1. The lowest BCUT2D eigenvalue weighted by Gasteiger charge is -2.27. The number of ether oxygens (including phenoxy) is 1. The zero-order chi connectivity index (χ0) is 25.7. The number of nitrogens with zero attached hydrogens (tertiary/aromatic N) is 2. The summed E-state index contributed by atoms with van der Waals surface area (Å²) in [5.74, 6) is -0.672. The second-order valence-electron chi connectivity index (χ2n) is 8.79. The van der Waals surface area contributed by atoms with E-state index in [2.05, 4.69) is 18.7 Å². The average Bonchev–Trinajstić information content (AvgIpc) is 3.51. The summed E-state index contributed by atoms with van der Waals surface area (Å²) in [4.78, 5) is 30.9. The molecule has 2 aromatic carbocycles. The van der Waals surface area contributed by atoms with Crippen LogP contribution < -0.4 is 4.74 Å². The molecule has 0 unspecified atom stereocenters. The van der Waals surface area contributed by atoms with Gasteiger partial charge in [0, 0.05) is 23.5 Å². The van der Waals surface area contributed by atoms with Gasteiger partial charge in [-0.05, 0) is 60.8 Å². The van der Waals surface area contributed by atoms with Crippen molar-refractivity contribution in [2.75, 3.05) is 26.2 Å². The Bertz CT molecular complexity index is 1230. The van der Waals surface area contributed by atoms with E-state index in [1.54, 1.807) is 23.1 Å². The first-order chi connectivity index (χ1) is 17.4. The van der Waals surface area contributed by atoms with Crippen LogP contribution in [0.1, 0.15) is 41.5 Å². The number of likely N-dealkylation sites (N-methyl/N-ethyl adjacent to an activating group) is 1. The predicted octanol–water partition coefficient (Wildman–Crippen LogP) is 5.40. The van der Waals surface area contributed by atoms with Crippen LogP contribution in [0.3, 0.4) is 0 Å². The molecule has 1 atom stereocenters. The van der Waals surface area contributed by atoms with Crippen LogP contribution in [0.15, 0.2) is 71.6 Å². The maximum Gasteiger partial charge on any atom is 0.295 e. The molecule has 1 aromatic heterocycles. The fourth-order valence-electron chi connectivity index (χ4n) is 4.49. The number of benzene rings is 2. The quantitative estimate of drug-likeness (QED) is 0.227. The number of ketones is 1. The van der Waals surface area contributed by atoms with E-state index in [4.69, 9.17) is 4.74 Å². The standard InChI is InChI=1S/C29H32N2O4S/c1-4-30(5-2)15-16-31-26(24-12-9-17-36-24)25(28(33)29(31)34)27(32)22-13-14-23(20(3)18-22)35-19-21-10-7-6-8-11-21/h6-14,17-18,26,32H,4-5,15-16,19H2,1-3H3/t26-/m1/s1. The van der Waals surface area contributed by atoms with Crippen molar-refractivity contribution in [3.8, 4) is 5.75 Å². The Morgan fingerprint density at radius 2 is 1.81 bits per heavy atom. The van der Waals surface area contributed by atoms with E-state index in [0.717, 1.165) is 29.1 Å². The molecule has 2 heterocycles. The first kappa shape index (κ1) is 25.7. The van der Waals surface area contributed by atoms with Gasteiger partial charge in [0.15, 0.2) is 0 Å². The molecule has 1 N–H and O–H groups in total. The number of Topliss-reactive ketones (excluding diaryl/α,β-unsaturated/α-hetero) is 1. The van der Waals surface area contributed by atoms with Crippen molar-refractivity contribution in [2.45, 2.75) is 33.4 Å². The van der Waals surface area contributed by atoms with Gasteiger partial charge < -0.3 is 19.6 Å². The molecule has 0 radical (unpaired) electrons. The SMILES string of the molecule is CCN(CC)CCN1C(=O)C(=O)C(=C(O)c2ccc(OCc3ccccc3)c(C)c2)[C@H]1c1cccs1. The minimum absolute atomic E-state index is 0.138. The minimum Gasteiger partial charge on any atom is -0.507 e. The Hall–Kier alpha value is -3.42. The topological polar surface area (TPSA) is 70.1 Å². The molecule has 1 aliphatic rings. The van der Waals surface area contributed by atoms with E-state index in [1.165, 1.54) is 11.3 Å². The zero-order valence-electron chi connectivity index (χ0n) is 20.9. The molecule has 1 fully saturated rings. The Kier molecular flexibility index (Phi) is 8.23. The smallest absolute Gasteiger partial charge is 0.295 e. The molecule has 3 aromatic rings. The summed E-state index contributed by atoms with van der Waals surface area (Å²) in [5.41, 5.74) is 2.52. The summed E-state index contributed by atoms with van der Waals surface area (Å²) >= 11 is 1.48. The van der Waals surface area contributed by atoms with Crippen LogP contribution in [-0.4, -0.2) is 52.8 Å². The molecule has 7 heteroatoms. The van der Waals surface area contributed by atoms with Crippen LogP contribution in [0.25, 0.3) is 5.76 Å². The van der Waals surface area contributed by atoms with E-state index in [9.17, 15) is 14.7 Å². The number of likely N-dealkylation sites (tertiary alicyclic amines) is 1. The third kappa shape index (κ3) is 5.37. The molecule has 0 spiro atoms. The van der Waals surface area contributed by atoms with Gasteiger partial charge >= 0.3 is 0 Å². The number of hydrogen-bond acceptors (Lipinski definition) is 6. The highest BCUT2D eigenvalue weighted by Gasteiger charge is 2.46. The lowest BCUT2D eigenvalue weighted by molar-refractivity contribution is -0.140. The fraction of sp³-hybridized carbons (Fsp3) is 0.310. The normalized spacial score (nSPS) is 17.2. The van der Waals surface area contributed by atoms with Gasteiger partial charge in [0.25, 0.3) is 11.7 Å². The molecule has 0 bridgehead atoms. The number of carbonyl (C=O) groups is 2. The summed E-state index contributed by atoms with van der Waals surface area (Å²) in [6.07, 6.45) is 0. The number of amides is 1. The predicted molar refractivity (Wildman–Crippen MR) is 143 cm³/mol. The molecule has 36 heavy (non-hydrogen) atoms. The zero-order valence-corrected chi connectivity index (χ0v) is 21.8. The number of carbonyl (C=O) groups excluding carboxylic acids is 2. The molecular formula is C29H32N2O4S. The van der Waals surface area contributed by atoms with Gasteiger partial charge in [-0.25, -0.2) is 0 Å². The van der Waals surface area contributed by atoms with Crippen LogP contribution in [0.2, 0.25) is 0 Å². The summed E-state index contributed by atoms with van der Waals surface area (Å²) in [6.45, 7) is 9.28. The summed E-state index contributed by atoms with van der Waals surface area (Å²) in [6, 6.07) is 18.4. The van der Waals surface area contributed by atoms with Gasteiger partial charge in [0.05, 0.1) is 11.6 Å². The molecule has 188 valence electrons. The van der Waals surface area contributed by atoms with Gasteiger partial charge in [-0.1, -0.05) is 50.2 Å². The first-order valence-corrected chi connectivity index (χ1v) is 13.1. The van der Waals surface area contributed by atoms with Crippen LogP contribution in [0, 0.1) is 6.92 Å². The average molecular weight is 505 g/mol. The second kappa shape index (κ2) is 11.5. The van der Waals surface area contributed by atoms with Gasteiger partial charge in [0.1, 0.15) is 18.1 Å². The fourth-order valence-corrected chi connectivity index (χ4v) is 5.34. The Labute approximate surface area is 216 Å². The van der Waals surface area contributed by atoms with Crippen molar-refractivity contribution >= 4 is 28.8 Å². The molecule has 0 saturated carbocycles. The maximum atomic E-state index is 13.2. The number of thiophene rings is 1. The second-order valence-corrected chi connectivity index (χ2v) is 9.77. The van der Waals surface area contributed by atoms with Crippen molar-refractivity contribution in [2.24, 2.45) is 0 Å². The number of aliphatic hydroxyl groups is 1. The molecule has 4 rings (SSSR count). The van der Waals surface area contributed by atoms with E-state index < -0.39 is 17.7 Å². The van der Waals surface area contributed by atoms with Crippen molar-refractivity contribution in [1.82, 2.24) is 9.80 Å². The highest BCUT2D eigenvalue weighted by molar-refractivity contribution is 7.10. The first-order valence-electron chi connectivity index (χ1n) is 12.3. The Morgan fingerprint density at radius 1 is 1.06 bits per heavy atom. The van der Waals surface area contributed by atoms with Crippen LogP contribution in [0.5, 0.6) is 5.75 Å². The summed E-state index contributed by atoms with van der Waals surface area (Å²) in [7, 11) is 0. The maximum absolute atomic E-state index is 13.2. The monoisotopic (exact) mass is 504 g/mol. The van der Waals surface area contributed by atoms with E-state index >= 15 is 0 Å². The van der Waals surface area contributed by atoms with Crippen molar-refractivity contribution < 1.29 is 19.4 Å². The van der Waals surface area contributed by atoms with Crippen LogP contribution in [0.4, 0.5) is 0 Å². The Morgan fingerprint density at radius 3 is 2.44 bits per heavy atom. The van der Waals surface area contributed by atoms with Gasteiger partial charge in [-0.2, -0.15) is 0 Å². The van der Waals surface area contributed by atoms with E-state index in [1.807, 2.05) is 54.8 Å². The third-order valence-electron chi connectivity index (χ3n) is 6.59. The highest BCUT2D eigenvalue weighted by atomic mass is 32.1. The number of aryl methyl sites for hydroxylation is 1. The lowest BCUT2D eigenvalue weighted by atomic mass is 9.98. The molecule has 1 aliphatic heterocycles. The minimum atomic E-state index is -0.646. The van der Waals surface area contributed by atoms with Crippen LogP contribution in [-0.2, 0) is 16.2 Å². The van der Waals surface area contributed by atoms with Gasteiger partial charge in [-0.15, -0.1) is 11.3 Å². The van der Waals surface area contributed by atoms with E-state index in [0.29, 0.717) is 31.0 Å². The molecular weight excluding hydrogens is 472 g/mol. The highest BCUT2D eigenvalue weighted by Crippen LogP contribution is 2.41. The van der Waals surface area contributed by atoms with Gasteiger partial charge in [-0.3, -0.25) is 9.59 Å².